The molecule has 0 bridgehead atoms. The van der Waals surface area contributed by atoms with E-state index in [1.807, 2.05) is 111 Å². The number of benzene rings is 1. The Bertz CT molecular complexity index is 2440. The fourth-order valence-corrected chi connectivity index (χ4v) is 10.8. The first kappa shape index (κ1) is 82.3. The van der Waals surface area contributed by atoms with Crippen LogP contribution < -0.4 is 43.4 Å². The average Bonchev–Trinajstić information content (AvgIpc) is 1.62. The maximum Gasteiger partial charge on any atom is 0.407 e. The molecule has 0 aromatic heterocycles. The first-order chi connectivity index (χ1) is 43.5. The van der Waals surface area contributed by atoms with E-state index in [1.54, 1.807) is 31.2 Å². The van der Waals surface area contributed by atoms with Gasteiger partial charge in [0, 0.05) is 25.9 Å². The number of alkyl carbamates (subject to hydrolysis) is 4. The van der Waals surface area contributed by atoms with Gasteiger partial charge in [-0.2, -0.15) is 0 Å². The van der Waals surface area contributed by atoms with Crippen molar-refractivity contribution in [3.63, 3.8) is 0 Å². The van der Waals surface area contributed by atoms with Crippen LogP contribution in [0.2, 0.25) is 0 Å². The van der Waals surface area contributed by atoms with Gasteiger partial charge >= 0.3 is 24.4 Å². The second kappa shape index (κ2) is 38.1. The number of nitrogens with zero attached hydrogens (tertiary/aromatic N) is 1. The molecule has 8 amide bonds. The molecule has 27 nitrogen and oxygen atoms in total. The molecule has 6 aliphatic rings. The lowest BCUT2D eigenvalue weighted by Crippen LogP contribution is -2.51. The molecule has 11 N–H and O–H groups in total. The Kier molecular flexibility index (Phi) is 33.4. The van der Waals surface area contributed by atoms with Gasteiger partial charge in [-0.05, 0) is 194 Å². The average molecular weight is 1340 g/mol. The zero-order valence-electron chi connectivity index (χ0n) is 59.6. The first-order valence-electron chi connectivity index (χ1n) is 33.3. The number of amides is 8. The van der Waals surface area contributed by atoms with E-state index in [0.717, 1.165) is 51.4 Å². The van der Waals surface area contributed by atoms with Gasteiger partial charge in [0.1, 0.15) is 22.4 Å². The highest BCUT2D eigenvalue weighted by Gasteiger charge is 2.42. The van der Waals surface area contributed by atoms with E-state index >= 15 is 0 Å². The van der Waals surface area contributed by atoms with E-state index in [0.29, 0.717) is 57.0 Å². The molecule has 0 radical (unpaired) electrons. The minimum atomic E-state index is -0.553. The number of hydrogen-bond acceptors (Lipinski definition) is 20. The standard InChI is InChI=1S/C20H26N2O5.C14H26N2O4.C12H24N2O3.C12H23NO4.C9H18N2O2/c1-12(22-17(23)14-7-5-6-8-15(14)18(22)24)16-10-9-13(11-26-16)21-19(25)27-20(2,3)4;1-9(15-10(2)17)12-7-6-11(8-19-12)16-13(18)20-14(3,4)5;1-8(13)10-6-5-9(7-16-10)14-11(15)17-12(2,3)4;1-8(14)10-6-5-9(7-16-10)13-11(15)17-12(2,3)4;1-6(11-7(2)12)9-4-3-8(10)5-13-9/h5-8,12-13,16H,9-11H2,1-4H3,(H,21,25);9,11-12H,6-8H2,1-5H3,(H,15,17)(H,16,18);8-10H,5-7,13H2,1-4H3,(H,14,15);8-10,14H,5-7H2,1-4H3,(H,13,15);6,8-9H,3-5,10H2,1-2H3,(H,11,12)/t12-,13+,16-;9-,11+,12-;8-,9+,10-;8-,9-,10+;6-,8+,9-/m00010/s1. The summed E-state index contributed by atoms with van der Waals surface area (Å²) in [5.74, 6) is -0.623. The van der Waals surface area contributed by atoms with Crippen LogP contribution in [0.1, 0.15) is 216 Å². The third kappa shape index (κ3) is 32.2. The summed E-state index contributed by atoms with van der Waals surface area (Å²) in [5.41, 5.74) is 10.3. The Hall–Kier alpha value is -5.94. The van der Waals surface area contributed by atoms with E-state index in [9.17, 15) is 43.5 Å². The third-order valence-electron chi connectivity index (χ3n) is 15.3. The fraction of sp³-hybridized carbons (Fsp3) is 0.791. The molecule has 0 aliphatic carbocycles. The number of aliphatic hydroxyl groups is 1. The summed E-state index contributed by atoms with van der Waals surface area (Å²) >= 11 is 0. The SMILES string of the molecule is CC(=O)N[C@@H](C)[C@@H]1CC[C@@H](N)CO1.CC(=O)N[C@@H](C)[C@@H]1CC[C@@H](NC(=O)OC(C)(C)C)CO1.C[C@@H](O)[C@@H]1CC[C@@H](NC(=O)OC(C)(C)C)CO1.C[C@@H]([C@@H]1CC[C@@H](NC(=O)OC(C)(C)C)CO1)N1C(=O)c2ccccc2C1=O.C[C@H](N)[C@@H]1CC[C@@H](NC(=O)OC(C)(C)C)CO1. The summed E-state index contributed by atoms with van der Waals surface area (Å²) in [4.78, 5) is 94.8. The Morgan fingerprint density at radius 1 is 0.468 bits per heavy atom. The second-order valence-corrected chi connectivity index (χ2v) is 29.2. The lowest BCUT2D eigenvalue weighted by atomic mass is 9.99. The van der Waals surface area contributed by atoms with E-state index < -0.39 is 46.8 Å². The molecular weight excluding hydrogens is 1220 g/mol. The van der Waals surface area contributed by atoms with E-state index in [4.69, 9.17) is 54.1 Å². The number of nitrogens with one attached hydrogen (secondary N) is 6. The van der Waals surface area contributed by atoms with Crippen LogP contribution in [0, 0.1) is 0 Å². The van der Waals surface area contributed by atoms with Crippen molar-refractivity contribution in [1.29, 1.82) is 0 Å². The largest absolute Gasteiger partial charge is 0.444 e. The molecule has 27 heteroatoms. The predicted molar refractivity (Wildman–Crippen MR) is 354 cm³/mol. The number of aliphatic hydroxyl groups excluding tert-OH is 1. The molecular formula is C67H117N9O18. The monoisotopic (exact) mass is 1340 g/mol. The Morgan fingerprint density at radius 2 is 0.755 bits per heavy atom. The molecule has 538 valence electrons. The van der Waals surface area contributed by atoms with Gasteiger partial charge in [0.25, 0.3) is 11.8 Å². The van der Waals surface area contributed by atoms with Gasteiger partial charge in [-0.1, -0.05) is 12.1 Å². The molecule has 1 aromatic carbocycles. The summed E-state index contributed by atoms with van der Waals surface area (Å²) in [7, 11) is 0. The number of nitrogens with two attached hydrogens (primary N) is 2. The van der Waals surface area contributed by atoms with Gasteiger partial charge < -0.3 is 91.1 Å². The van der Waals surface area contributed by atoms with Crippen LogP contribution in [0.15, 0.2) is 24.3 Å². The van der Waals surface area contributed by atoms with Crippen LogP contribution in [-0.2, 0) is 52.2 Å². The van der Waals surface area contributed by atoms with Gasteiger partial charge in [0.15, 0.2) is 0 Å². The quantitative estimate of drug-likeness (QED) is 0.0738. The zero-order valence-corrected chi connectivity index (χ0v) is 59.6. The maximum atomic E-state index is 12.6. The van der Waals surface area contributed by atoms with Crippen molar-refractivity contribution in [2.75, 3.05) is 33.0 Å². The summed E-state index contributed by atoms with van der Waals surface area (Å²) < 4.78 is 48.9. The molecule has 15 atom stereocenters. The van der Waals surface area contributed by atoms with Crippen LogP contribution in [0.4, 0.5) is 19.2 Å². The van der Waals surface area contributed by atoms with Gasteiger partial charge in [0.05, 0.1) is 123 Å². The highest BCUT2D eigenvalue weighted by molar-refractivity contribution is 6.21. The molecule has 0 saturated carbocycles. The third-order valence-corrected chi connectivity index (χ3v) is 15.3. The molecule has 94 heavy (non-hydrogen) atoms. The van der Waals surface area contributed by atoms with Crippen LogP contribution >= 0.6 is 0 Å². The predicted octanol–water partition coefficient (Wildman–Crippen LogP) is 7.19. The van der Waals surface area contributed by atoms with Crippen LogP contribution in [0.3, 0.4) is 0 Å². The van der Waals surface area contributed by atoms with Gasteiger partial charge in [-0.3, -0.25) is 24.1 Å². The van der Waals surface area contributed by atoms with Crippen molar-refractivity contribution < 1.29 is 86.1 Å². The van der Waals surface area contributed by atoms with E-state index in [1.165, 1.54) is 18.7 Å². The lowest BCUT2D eigenvalue weighted by molar-refractivity contribution is -0.122. The number of ether oxygens (including phenoxy) is 9. The molecule has 6 heterocycles. The van der Waals surface area contributed by atoms with Crippen LogP contribution in [0.25, 0.3) is 0 Å². The Labute approximate surface area is 558 Å². The molecule has 0 unspecified atom stereocenters. The number of carbonyl (C=O) groups is 8. The van der Waals surface area contributed by atoms with E-state index in [-0.39, 0.29) is 115 Å². The normalized spacial score (nSPS) is 26.3. The highest BCUT2D eigenvalue weighted by atomic mass is 16.6. The topological polar surface area (TPSA) is 367 Å². The molecule has 5 fully saturated rings. The summed E-state index contributed by atoms with van der Waals surface area (Å²) in [6.45, 7) is 36.6. The summed E-state index contributed by atoms with van der Waals surface area (Å²) in [5, 5.41) is 26.2. The number of rotatable bonds is 12. The van der Waals surface area contributed by atoms with Crippen LogP contribution in [-0.4, -0.2) is 204 Å². The molecule has 1 aromatic rings. The van der Waals surface area contributed by atoms with E-state index in [2.05, 4.69) is 31.9 Å². The number of fused-ring (bicyclic) bond motifs is 1. The lowest BCUT2D eigenvalue weighted by Gasteiger charge is -2.36. The minimum absolute atomic E-state index is 0.00409. The highest BCUT2D eigenvalue weighted by Crippen LogP contribution is 2.29. The van der Waals surface area contributed by atoms with Crippen molar-refractivity contribution in [3.05, 3.63) is 35.4 Å². The van der Waals surface area contributed by atoms with Crippen molar-refractivity contribution >= 4 is 48.0 Å². The van der Waals surface area contributed by atoms with Gasteiger partial charge in [-0.15, -0.1) is 0 Å². The second-order valence-electron chi connectivity index (χ2n) is 29.2. The Morgan fingerprint density at radius 3 is 1.01 bits per heavy atom. The van der Waals surface area contributed by atoms with Crippen molar-refractivity contribution in [2.24, 2.45) is 11.5 Å². The van der Waals surface area contributed by atoms with Crippen molar-refractivity contribution in [2.45, 2.75) is 309 Å². The van der Waals surface area contributed by atoms with Crippen molar-refractivity contribution in [1.82, 2.24) is 36.8 Å². The molecule has 7 rings (SSSR count). The summed E-state index contributed by atoms with van der Waals surface area (Å²) in [6.07, 6.45) is 5.85. The smallest absolute Gasteiger partial charge is 0.407 e. The molecule has 0 spiro atoms. The molecule has 6 aliphatic heterocycles. The van der Waals surface area contributed by atoms with Crippen LogP contribution in [0.5, 0.6) is 0 Å². The summed E-state index contributed by atoms with van der Waals surface area (Å²) in [6, 6.07) is 6.56. The first-order valence-corrected chi connectivity index (χ1v) is 33.3. The molecule has 5 saturated heterocycles. The van der Waals surface area contributed by atoms with Crippen molar-refractivity contribution in [3.8, 4) is 0 Å². The fourth-order valence-electron chi connectivity index (χ4n) is 10.8. The Balaban J connectivity index is 0.000000313. The number of imide groups is 1. The number of carbonyl (C=O) groups excluding carboxylic acids is 8. The maximum absolute atomic E-state index is 12.6. The zero-order chi connectivity index (χ0) is 71.1. The van der Waals surface area contributed by atoms with Gasteiger partial charge in [0.2, 0.25) is 11.8 Å². The van der Waals surface area contributed by atoms with Gasteiger partial charge in [-0.25, -0.2) is 19.2 Å². The minimum Gasteiger partial charge on any atom is -0.444 e. The number of hydrogen-bond donors (Lipinski definition) is 9.